The predicted octanol–water partition coefficient (Wildman–Crippen LogP) is 4.42. The van der Waals surface area contributed by atoms with Gasteiger partial charge in [0.05, 0.1) is 0 Å². The minimum atomic E-state index is -0.475. The van der Waals surface area contributed by atoms with Crippen LogP contribution in [0, 0.1) is 5.21 Å². The van der Waals surface area contributed by atoms with Gasteiger partial charge in [0.15, 0.2) is 5.83 Å². The lowest BCUT2D eigenvalue weighted by Gasteiger charge is -2.06. The third kappa shape index (κ3) is 2.98. The third-order valence-corrected chi connectivity index (χ3v) is 3.64. The van der Waals surface area contributed by atoms with Crippen LogP contribution in [-0.4, -0.2) is 0 Å². The Balaban J connectivity index is 1.81. The number of nitrogens with zero attached hydrogens (tertiary/aromatic N) is 1. The zero-order chi connectivity index (χ0) is 15.4. The van der Waals surface area contributed by atoms with Crippen molar-refractivity contribution >= 4 is 16.7 Å². The molecule has 2 aromatic carbocycles. The summed E-state index contributed by atoms with van der Waals surface area (Å²) in [6.07, 6.45) is 2.79. The Bertz CT molecular complexity index is 812. The number of allylic oxidation sites excluding steroid dienone is 1. The molecule has 0 saturated heterocycles. The van der Waals surface area contributed by atoms with Gasteiger partial charge in [0.2, 0.25) is 5.52 Å². The van der Waals surface area contributed by atoms with E-state index in [4.69, 9.17) is 0 Å². The molecule has 0 aliphatic carbocycles. The van der Waals surface area contributed by atoms with Crippen LogP contribution in [0.25, 0.3) is 16.7 Å². The maximum Gasteiger partial charge on any atom is 0.252 e. The van der Waals surface area contributed by atoms with Crippen LogP contribution in [0.5, 0.6) is 0 Å². The van der Waals surface area contributed by atoms with Crippen LogP contribution >= 0.6 is 0 Å². The highest BCUT2D eigenvalue weighted by atomic mass is 19.1. The zero-order valence-electron chi connectivity index (χ0n) is 12.1. The van der Waals surface area contributed by atoms with E-state index < -0.39 is 5.83 Å². The quantitative estimate of drug-likeness (QED) is 0.517. The summed E-state index contributed by atoms with van der Waals surface area (Å²) in [5.74, 6) is -0.475. The van der Waals surface area contributed by atoms with Gasteiger partial charge in [0.25, 0.3) is 5.69 Å². The van der Waals surface area contributed by atoms with Crippen molar-refractivity contribution in [1.82, 2.24) is 0 Å². The zero-order valence-corrected chi connectivity index (χ0v) is 12.1. The van der Waals surface area contributed by atoms with E-state index in [2.05, 4.69) is 0 Å². The summed E-state index contributed by atoms with van der Waals surface area (Å²) < 4.78 is 14.9. The van der Waals surface area contributed by atoms with E-state index in [1.807, 2.05) is 42.5 Å². The Labute approximate surface area is 128 Å². The lowest BCUT2D eigenvalue weighted by molar-refractivity contribution is -0.580. The van der Waals surface area contributed by atoms with Crippen molar-refractivity contribution in [2.24, 2.45) is 0 Å². The van der Waals surface area contributed by atoms with E-state index in [0.29, 0.717) is 16.7 Å². The molecule has 0 fully saturated rings. The van der Waals surface area contributed by atoms with Crippen LogP contribution in [0.1, 0.15) is 17.7 Å². The van der Waals surface area contributed by atoms with E-state index >= 15 is 0 Å². The highest BCUT2D eigenvalue weighted by Crippen LogP contribution is 2.18. The van der Waals surface area contributed by atoms with E-state index in [-0.39, 0.29) is 5.69 Å². The van der Waals surface area contributed by atoms with Gasteiger partial charge in [-0.3, -0.25) is 0 Å². The minimum Gasteiger partial charge on any atom is -0.618 e. The van der Waals surface area contributed by atoms with Gasteiger partial charge < -0.3 is 5.21 Å². The maximum atomic E-state index is 14.3. The first-order valence-corrected chi connectivity index (χ1v) is 7.27. The first kappa shape index (κ1) is 14.3. The Morgan fingerprint density at radius 1 is 0.955 bits per heavy atom. The molecule has 1 heterocycles. The van der Waals surface area contributed by atoms with Crippen molar-refractivity contribution in [3.05, 3.63) is 89.3 Å². The summed E-state index contributed by atoms with van der Waals surface area (Å²) in [5, 5.41) is 13.0. The van der Waals surface area contributed by atoms with Crippen molar-refractivity contribution in [2.75, 3.05) is 0 Å². The van der Waals surface area contributed by atoms with Crippen LogP contribution in [-0.2, 0) is 6.42 Å². The molecule has 3 rings (SSSR count). The lowest BCUT2D eigenvalue weighted by Crippen LogP contribution is -2.31. The molecule has 2 nitrogen and oxygen atoms in total. The Morgan fingerprint density at radius 2 is 1.68 bits per heavy atom. The van der Waals surface area contributed by atoms with Crippen LogP contribution < -0.4 is 4.73 Å². The average molecular weight is 293 g/mol. The molecule has 1 aromatic heterocycles. The van der Waals surface area contributed by atoms with Gasteiger partial charge in [-0.15, -0.1) is 0 Å². The van der Waals surface area contributed by atoms with Crippen molar-refractivity contribution in [3.8, 4) is 0 Å². The molecular weight excluding hydrogens is 277 g/mol. The van der Waals surface area contributed by atoms with Crippen molar-refractivity contribution in [2.45, 2.75) is 12.8 Å². The molecule has 0 bridgehead atoms. The van der Waals surface area contributed by atoms with Crippen LogP contribution in [0.15, 0.2) is 72.8 Å². The fourth-order valence-electron chi connectivity index (χ4n) is 2.47. The number of aromatic nitrogens is 1. The van der Waals surface area contributed by atoms with Crippen molar-refractivity contribution in [3.63, 3.8) is 0 Å². The molecular formula is C19H16FNO. The van der Waals surface area contributed by atoms with E-state index in [0.717, 1.165) is 17.4 Å². The SMILES string of the molecule is [O-][n+]1c(/C(F)=C/CCc2ccccc2)ccc2ccccc21. The number of para-hydroxylation sites is 1. The average Bonchev–Trinajstić information content (AvgIpc) is 2.56. The molecule has 0 spiro atoms. The van der Waals surface area contributed by atoms with Gasteiger partial charge in [0.1, 0.15) is 0 Å². The number of hydrogen-bond donors (Lipinski definition) is 0. The summed E-state index contributed by atoms with van der Waals surface area (Å²) >= 11 is 0. The molecule has 0 saturated carbocycles. The molecule has 0 amide bonds. The van der Waals surface area contributed by atoms with Crippen molar-refractivity contribution < 1.29 is 9.12 Å². The van der Waals surface area contributed by atoms with Gasteiger partial charge in [-0.1, -0.05) is 42.5 Å². The third-order valence-electron chi connectivity index (χ3n) is 3.64. The van der Waals surface area contributed by atoms with Gasteiger partial charge in [-0.25, -0.2) is 0 Å². The summed E-state index contributed by atoms with van der Waals surface area (Å²) in [6.45, 7) is 0. The molecule has 0 aliphatic rings. The summed E-state index contributed by atoms with van der Waals surface area (Å²) in [5.41, 5.74) is 1.69. The number of hydrogen-bond acceptors (Lipinski definition) is 1. The Morgan fingerprint density at radius 3 is 2.50 bits per heavy atom. The van der Waals surface area contributed by atoms with E-state index in [1.165, 1.54) is 12.1 Å². The first-order valence-electron chi connectivity index (χ1n) is 7.27. The Kier molecular flexibility index (Phi) is 4.15. The molecule has 3 heteroatoms. The van der Waals surface area contributed by atoms with Crippen molar-refractivity contribution in [1.29, 1.82) is 0 Å². The molecule has 0 aliphatic heterocycles. The fraction of sp³-hybridized carbons (Fsp3) is 0.105. The summed E-state index contributed by atoms with van der Waals surface area (Å²) in [7, 11) is 0. The maximum absolute atomic E-state index is 14.3. The second kappa shape index (κ2) is 6.39. The largest absolute Gasteiger partial charge is 0.618 e. The minimum absolute atomic E-state index is 0.0618. The number of benzene rings is 2. The molecule has 22 heavy (non-hydrogen) atoms. The topological polar surface area (TPSA) is 26.9 Å². The Hall–Kier alpha value is -2.68. The van der Waals surface area contributed by atoms with Gasteiger partial charge in [-0.05, 0) is 36.6 Å². The number of halogens is 1. The monoisotopic (exact) mass is 293 g/mol. The van der Waals surface area contributed by atoms with Gasteiger partial charge >= 0.3 is 0 Å². The van der Waals surface area contributed by atoms with Crippen LogP contribution in [0.2, 0.25) is 0 Å². The molecule has 0 unspecified atom stereocenters. The molecule has 0 N–H and O–H groups in total. The standard InChI is InChI=1S/C19H16FNO/c20-17(11-6-9-15-7-2-1-3-8-15)19-14-13-16-10-4-5-12-18(16)21(19)22/h1-5,7-8,10-14H,6,9H2/b17-11-. The molecule has 110 valence electrons. The highest BCUT2D eigenvalue weighted by Gasteiger charge is 2.14. The van der Waals surface area contributed by atoms with Crippen LogP contribution in [0.3, 0.4) is 0 Å². The number of pyridine rings is 1. The number of fused-ring (bicyclic) bond motifs is 1. The smallest absolute Gasteiger partial charge is 0.252 e. The second-order valence-corrected chi connectivity index (χ2v) is 5.15. The fourth-order valence-corrected chi connectivity index (χ4v) is 2.47. The normalized spacial score (nSPS) is 11.8. The number of rotatable bonds is 4. The summed E-state index contributed by atoms with van der Waals surface area (Å²) in [4.78, 5) is 0. The van der Waals surface area contributed by atoms with Gasteiger partial charge in [0, 0.05) is 17.5 Å². The number of aryl methyl sites for hydroxylation is 1. The van der Waals surface area contributed by atoms with E-state index in [9.17, 15) is 9.60 Å². The predicted molar refractivity (Wildman–Crippen MR) is 86.8 cm³/mol. The van der Waals surface area contributed by atoms with E-state index in [1.54, 1.807) is 18.2 Å². The van der Waals surface area contributed by atoms with Gasteiger partial charge in [-0.2, -0.15) is 9.12 Å². The second-order valence-electron chi connectivity index (χ2n) is 5.15. The summed E-state index contributed by atoms with van der Waals surface area (Å²) in [6, 6.07) is 20.4. The first-order chi connectivity index (χ1) is 10.8. The lowest BCUT2D eigenvalue weighted by atomic mass is 10.1. The molecule has 3 aromatic rings. The molecule has 0 radical (unpaired) electrons. The van der Waals surface area contributed by atoms with Crippen LogP contribution in [0.4, 0.5) is 4.39 Å². The molecule has 0 atom stereocenters. The highest BCUT2D eigenvalue weighted by molar-refractivity contribution is 5.76.